The fourth-order valence-corrected chi connectivity index (χ4v) is 4.41. The van der Waals surface area contributed by atoms with Crippen molar-refractivity contribution in [3.05, 3.63) is 40.8 Å². The molecule has 0 spiro atoms. The van der Waals surface area contributed by atoms with Crippen LogP contribution < -0.4 is 10.0 Å². The maximum atomic E-state index is 12.3. The van der Waals surface area contributed by atoms with Crippen molar-refractivity contribution in [2.45, 2.75) is 17.1 Å². The van der Waals surface area contributed by atoms with Crippen molar-refractivity contribution in [2.24, 2.45) is 0 Å². The minimum Gasteiger partial charge on any atom is -0.385 e. The second-order valence-electron chi connectivity index (χ2n) is 4.74. The molecular formula is C14H13N3O2S2. The highest BCUT2D eigenvalue weighted by molar-refractivity contribution is 7.94. The Labute approximate surface area is 127 Å². The molecule has 0 radical (unpaired) electrons. The average Bonchev–Trinajstić information content (AvgIpc) is 2.96. The van der Waals surface area contributed by atoms with E-state index in [0.717, 1.165) is 36.4 Å². The molecule has 0 amide bonds. The van der Waals surface area contributed by atoms with Crippen molar-refractivity contribution in [1.29, 1.82) is 5.26 Å². The fourth-order valence-electron chi connectivity index (χ4n) is 2.25. The number of nitriles is 1. The number of fused-ring (bicyclic) bond motifs is 1. The van der Waals surface area contributed by atoms with E-state index in [1.54, 1.807) is 6.07 Å². The van der Waals surface area contributed by atoms with E-state index >= 15 is 0 Å². The van der Waals surface area contributed by atoms with Gasteiger partial charge < -0.3 is 5.32 Å². The zero-order valence-corrected chi connectivity index (χ0v) is 12.7. The molecule has 0 saturated carbocycles. The van der Waals surface area contributed by atoms with Gasteiger partial charge in [0.25, 0.3) is 10.0 Å². The first kappa shape index (κ1) is 13.9. The van der Waals surface area contributed by atoms with E-state index in [0.29, 0.717) is 10.6 Å². The smallest absolute Gasteiger partial charge is 0.271 e. The molecule has 7 heteroatoms. The Hall–Kier alpha value is -2.04. The SMILES string of the molecule is N#Cc1ccc(S(=O)(=O)Nc2ccc3c(c2)NCCC3)s1. The Bertz CT molecular complexity index is 819. The maximum absolute atomic E-state index is 12.3. The standard InChI is InChI=1S/C14H13N3O2S2/c15-9-12-5-6-14(20-12)21(18,19)17-11-4-3-10-2-1-7-16-13(10)8-11/h3-6,8,16-17H,1-2,7H2. The van der Waals surface area contributed by atoms with Crippen LogP contribution in [0, 0.1) is 11.3 Å². The number of nitrogens with zero attached hydrogens (tertiary/aromatic N) is 1. The second-order valence-corrected chi connectivity index (χ2v) is 7.73. The van der Waals surface area contributed by atoms with Gasteiger partial charge in [0.1, 0.15) is 15.2 Å². The predicted molar refractivity (Wildman–Crippen MR) is 83.1 cm³/mol. The van der Waals surface area contributed by atoms with Crippen LogP contribution in [-0.4, -0.2) is 15.0 Å². The summed E-state index contributed by atoms with van der Waals surface area (Å²) in [4.78, 5) is 0.377. The largest absolute Gasteiger partial charge is 0.385 e. The summed E-state index contributed by atoms with van der Waals surface area (Å²) >= 11 is 0.961. The molecule has 3 rings (SSSR count). The number of thiophene rings is 1. The molecule has 2 aromatic rings. The van der Waals surface area contributed by atoms with Gasteiger partial charge >= 0.3 is 0 Å². The number of nitrogens with one attached hydrogen (secondary N) is 2. The van der Waals surface area contributed by atoms with Crippen LogP contribution in [0.4, 0.5) is 11.4 Å². The van der Waals surface area contributed by atoms with Gasteiger partial charge in [0.2, 0.25) is 0 Å². The molecule has 0 fully saturated rings. The number of benzene rings is 1. The molecule has 1 aromatic heterocycles. The van der Waals surface area contributed by atoms with Gasteiger partial charge in [-0.15, -0.1) is 11.3 Å². The number of hydrogen-bond acceptors (Lipinski definition) is 5. The van der Waals surface area contributed by atoms with Crippen LogP contribution in [0.25, 0.3) is 0 Å². The molecule has 1 aromatic carbocycles. The third-order valence-corrected chi connectivity index (χ3v) is 6.12. The van der Waals surface area contributed by atoms with E-state index in [2.05, 4.69) is 10.0 Å². The van der Waals surface area contributed by atoms with Crippen molar-refractivity contribution in [1.82, 2.24) is 0 Å². The first-order valence-corrected chi connectivity index (χ1v) is 8.78. The van der Waals surface area contributed by atoms with Crippen LogP contribution in [0.5, 0.6) is 0 Å². The summed E-state index contributed by atoms with van der Waals surface area (Å²) in [6, 6.07) is 10.4. The lowest BCUT2D eigenvalue weighted by Crippen LogP contribution is -2.14. The van der Waals surface area contributed by atoms with Crippen LogP contribution in [-0.2, 0) is 16.4 Å². The number of anilines is 2. The lowest BCUT2D eigenvalue weighted by atomic mass is 10.0. The van der Waals surface area contributed by atoms with Gasteiger partial charge in [-0.1, -0.05) is 6.07 Å². The normalized spacial score (nSPS) is 13.9. The van der Waals surface area contributed by atoms with Crippen molar-refractivity contribution in [2.75, 3.05) is 16.6 Å². The summed E-state index contributed by atoms with van der Waals surface area (Å²) in [6.45, 7) is 0.902. The minimum atomic E-state index is -3.64. The van der Waals surface area contributed by atoms with Gasteiger partial charge in [-0.2, -0.15) is 5.26 Å². The summed E-state index contributed by atoms with van der Waals surface area (Å²) in [5.74, 6) is 0. The second kappa shape index (κ2) is 5.39. The summed E-state index contributed by atoms with van der Waals surface area (Å²) in [5, 5.41) is 12.0. The molecular weight excluding hydrogens is 306 g/mol. The monoisotopic (exact) mass is 319 g/mol. The molecule has 108 valence electrons. The highest BCUT2D eigenvalue weighted by atomic mass is 32.2. The third-order valence-electron chi connectivity index (χ3n) is 3.26. The molecule has 0 saturated heterocycles. The van der Waals surface area contributed by atoms with Crippen LogP contribution in [0.2, 0.25) is 0 Å². The van der Waals surface area contributed by atoms with E-state index < -0.39 is 10.0 Å². The molecule has 0 unspecified atom stereocenters. The Kier molecular flexibility index (Phi) is 3.57. The van der Waals surface area contributed by atoms with E-state index in [9.17, 15) is 8.42 Å². The van der Waals surface area contributed by atoms with Crippen molar-refractivity contribution >= 4 is 32.7 Å². The van der Waals surface area contributed by atoms with E-state index in [-0.39, 0.29) is 4.21 Å². The van der Waals surface area contributed by atoms with Crippen molar-refractivity contribution in [3.8, 4) is 6.07 Å². The summed E-state index contributed by atoms with van der Waals surface area (Å²) < 4.78 is 27.2. The van der Waals surface area contributed by atoms with Gasteiger partial charge in [0.15, 0.2) is 0 Å². The molecule has 0 aliphatic carbocycles. The quantitative estimate of drug-likeness (QED) is 0.911. The number of sulfonamides is 1. The lowest BCUT2D eigenvalue weighted by Gasteiger charge is -2.19. The number of hydrogen-bond donors (Lipinski definition) is 2. The van der Waals surface area contributed by atoms with Crippen LogP contribution in [0.3, 0.4) is 0 Å². The van der Waals surface area contributed by atoms with Gasteiger partial charge in [0.05, 0.1) is 5.69 Å². The van der Waals surface area contributed by atoms with Crippen LogP contribution in [0.1, 0.15) is 16.9 Å². The topological polar surface area (TPSA) is 82.0 Å². The Morgan fingerprint density at radius 2 is 2.14 bits per heavy atom. The van der Waals surface area contributed by atoms with Crippen molar-refractivity contribution < 1.29 is 8.42 Å². The highest BCUT2D eigenvalue weighted by Gasteiger charge is 2.18. The maximum Gasteiger partial charge on any atom is 0.271 e. The molecule has 1 aliphatic rings. The third kappa shape index (κ3) is 2.86. The number of rotatable bonds is 3. The van der Waals surface area contributed by atoms with E-state index in [4.69, 9.17) is 5.26 Å². The van der Waals surface area contributed by atoms with Gasteiger partial charge in [0, 0.05) is 12.2 Å². The van der Waals surface area contributed by atoms with Gasteiger partial charge in [-0.3, -0.25) is 4.72 Å². The minimum absolute atomic E-state index is 0.143. The molecule has 0 bridgehead atoms. The molecule has 1 aliphatic heterocycles. The molecule has 2 heterocycles. The Morgan fingerprint density at radius 1 is 1.29 bits per heavy atom. The predicted octanol–water partition coefficient (Wildman–Crippen LogP) is 2.78. The lowest BCUT2D eigenvalue weighted by molar-refractivity contribution is 0.603. The first-order chi connectivity index (χ1) is 10.1. The molecule has 0 atom stereocenters. The first-order valence-electron chi connectivity index (χ1n) is 6.48. The van der Waals surface area contributed by atoms with Crippen molar-refractivity contribution in [3.63, 3.8) is 0 Å². The van der Waals surface area contributed by atoms with Gasteiger partial charge in [-0.25, -0.2) is 8.42 Å². The van der Waals surface area contributed by atoms with Gasteiger partial charge in [-0.05, 0) is 42.7 Å². The molecule has 21 heavy (non-hydrogen) atoms. The zero-order chi connectivity index (χ0) is 14.9. The van der Waals surface area contributed by atoms with Crippen LogP contribution >= 0.6 is 11.3 Å². The van der Waals surface area contributed by atoms with Crippen LogP contribution in [0.15, 0.2) is 34.5 Å². The molecule has 2 N–H and O–H groups in total. The zero-order valence-electron chi connectivity index (χ0n) is 11.1. The number of aryl methyl sites for hydroxylation is 1. The van der Waals surface area contributed by atoms with E-state index in [1.807, 2.05) is 18.2 Å². The summed E-state index contributed by atoms with van der Waals surface area (Å²) in [6.07, 6.45) is 2.09. The highest BCUT2D eigenvalue weighted by Crippen LogP contribution is 2.28. The fraction of sp³-hybridized carbons (Fsp3) is 0.214. The average molecular weight is 319 g/mol. The summed E-state index contributed by atoms with van der Waals surface area (Å²) in [5.41, 5.74) is 2.70. The Balaban J connectivity index is 1.87. The van der Waals surface area contributed by atoms with E-state index in [1.165, 1.54) is 17.7 Å². The molecule has 5 nitrogen and oxygen atoms in total. The summed E-state index contributed by atoms with van der Waals surface area (Å²) in [7, 11) is -3.64. The Morgan fingerprint density at radius 3 is 2.90 bits per heavy atom.